The van der Waals surface area contributed by atoms with Gasteiger partial charge in [-0.1, -0.05) is 6.07 Å². The quantitative estimate of drug-likeness (QED) is 0.740. The smallest absolute Gasteiger partial charge is 0.261 e. The molecule has 1 aliphatic rings. The van der Waals surface area contributed by atoms with E-state index in [1.807, 2.05) is 0 Å². The zero-order valence-electron chi connectivity index (χ0n) is 7.68. The molecule has 0 fully saturated rings. The summed E-state index contributed by atoms with van der Waals surface area (Å²) in [7, 11) is 1.54. The van der Waals surface area contributed by atoms with E-state index >= 15 is 0 Å². The van der Waals surface area contributed by atoms with Gasteiger partial charge in [0, 0.05) is 16.2 Å². The average molecular weight is 246 g/mol. The summed E-state index contributed by atoms with van der Waals surface area (Å²) in [6.07, 6.45) is 0. The molecule has 0 radical (unpaired) electrons. The molecule has 0 saturated heterocycles. The lowest BCUT2D eigenvalue weighted by atomic mass is 10.2. The van der Waals surface area contributed by atoms with Crippen LogP contribution in [0.4, 0.5) is 0 Å². The van der Waals surface area contributed by atoms with Gasteiger partial charge >= 0.3 is 0 Å². The standard InChI is InChI=1S/C9H8ClNO3S/c10-15(12,13)8-3-1-2-7(6-8)9-11-4-5-14-9/h1-3,6H,4-5H2. The van der Waals surface area contributed by atoms with Crippen molar-refractivity contribution in [1.82, 2.24) is 0 Å². The van der Waals surface area contributed by atoms with Gasteiger partial charge in [0.25, 0.3) is 9.05 Å². The second kappa shape index (κ2) is 3.83. The Labute approximate surface area is 92.0 Å². The third-order valence-electron chi connectivity index (χ3n) is 1.95. The highest BCUT2D eigenvalue weighted by molar-refractivity contribution is 8.13. The predicted octanol–water partition coefficient (Wildman–Crippen LogP) is 1.39. The van der Waals surface area contributed by atoms with Crippen LogP contribution in [-0.4, -0.2) is 27.5 Å². The molecule has 0 unspecified atom stereocenters. The molecule has 0 bridgehead atoms. The lowest BCUT2D eigenvalue weighted by molar-refractivity contribution is 0.348. The van der Waals surface area contributed by atoms with Gasteiger partial charge in [-0.2, -0.15) is 0 Å². The number of ether oxygens (including phenoxy) is 1. The van der Waals surface area contributed by atoms with E-state index < -0.39 is 9.05 Å². The highest BCUT2D eigenvalue weighted by Crippen LogP contribution is 2.17. The normalized spacial score (nSPS) is 15.9. The van der Waals surface area contributed by atoms with Gasteiger partial charge < -0.3 is 4.74 Å². The molecule has 1 aromatic rings. The minimum Gasteiger partial charge on any atom is -0.476 e. The number of aliphatic imine (C=N–C) groups is 1. The van der Waals surface area contributed by atoms with Crippen molar-refractivity contribution in [2.24, 2.45) is 4.99 Å². The second-order valence-corrected chi connectivity index (χ2v) is 5.57. The molecule has 0 spiro atoms. The summed E-state index contributed by atoms with van der Waals surface area (Å²) in [5.41, 5.74) is 0.634. The van der Waals surface area contributed by atoms with E-state index in [-0.39, 0.29) is 4.90 Å². The fourth-order valence-corrected chi connectivity index (χ4v) is 2.09. The second-order valence-electron chi connectivity index (χ2n) is 3.00. The summed E-state index contributed by atoms with van der Waals surface area (Å²) in [5.74, 6) is 0.470. The van der Waals surface area contributed by atoms with Crippen molar-refractivity contribution in [3.8, 4) is 0 Å². The number of nitrogens with zero attached hydrogens (tertiary/aromatic N) is 1. The summed E-state index contributed by atoms with van der Waals surface area (Å²) >= 11 is 0. The van der Waals surface area contributed by atoms with Crippen molar-refractivity contribution in [3.05, 3.63) is 29.8 Å². The molecular formula is C9H8ClNO3S. The van der Waals surface area contributed by atoms with Gasteiger partial charge in [-0.15, -0.1) is 0 Å². The molecule has 0 N–H and O–H groups in total. The molecule has 0 aromatic heterocycles. The van der Waals surface area contributed by atoms with Gasteiger partial charge in [-0.05, 0) is 18.2 Å². The maximum Gasteiger partial charge on any atom is 0.261 e. The molecule has 1 heterocycles. The Balaban J connectivity index is 2.43. The molecule has 2 rings (SSSR count). The van der Waals surface area contributed by atoms with E-state index in [2.05, 4.69) is 4.99 Å². The highest BCUT2D eigenvalue weighted by atomic mass is 35.7. The molecule has 15 heavy (non-hydrogen) atoms. The number of benzene rings is 1. The molecule has 4 nitrogen and oxygen atoms in total. The van der Waals surface area contributed by atoms with Crippen LogP contribution in [0.5, 0.6) is 0 Å². The van der Waals surface area contributed by atoms with Crippen LogP contribution < -0.4 is 0 Å². The first-order chi connectivity index (χ1) is 7.07. The van der Waals surface area contributed by atoms with Crippen molar-refractivity contribution >= 4 is 25.6 Å². The molecule has 1 aliphatic heterocycles. The van der Waals surface area contributed by atoms with Crippen molar-refractivity contribution in [1.29, 1.82) is 0 Å². The van der Waals surface area contributed by atoms with Gasteiger partial charge in [0.1, 0.15) is 6.61 Å². The van der Waals surface area contributed by atoms with E-state index in [1.54, 1.807) is 12.1 Å². The number of hydrogen-bond donors (Lipinski definition) is 0. The molecule has 0 saturated carbocycles. The van der Waals surface area contributed by atoms with Gasteiger partial charge in [0.2, 0.25) is 5.90 Å². The Hall–Kier alpha value is -1.07. The lowest BCUT2D eigenvalue weighted by Gasteiger charge is -2.02. The zero-order valence-corrected chi connectivity index (χ0v) is 9.25. The Morgan fingerprint density at radius 3 is 2.80 bits per heavy atom. The summed E-state index contributed by atoms with van der Waals surface area (Å²) in [5, 5.41) is 0. The fraction of sp³-hybridized carbons (Fsp3) is 0.222. The van der Waals surface area contributed by atoms with Crippen LogP contribution in [-0.2, 0) is 13.8 Å². The van der Waals surface area contributed by atoms with Crippen molar-refractivity contribution in [3.63, 3.8) is 0 Å². The van der Waals surface area contributed by atoms with Gasteiger partial charge in [-0.3, -0.25) is 0 Å². The lowest BCUT2D eigenvalue weighted by Crippen LogP contribution is -2.02. The van der Waals surface area contributed by atoms with Crippen molar-refractivity contribution in [2.75, 3.05) is 13.2 Å². The molecule has 0 aliphatic carbocycles. The SMILES string of the molecule is O=S(=O)(Cl)c1cccc(C2=NCCO2)c1. The first-order valence-electron chi connectivity index (χ1n) is 4.30. The highest BCUT2D eigenvalue weighted by Gasteiger charge is 2.14. The maximum atomic E-state index is 11.1. The number of halogens is 1. The average Bonchev–Trinajstić information content (AvgIpc) is 2.69. The van der Waals surface area contributed by atoms with E-state index in [0.29, 0.717) is 24.6 Å². The van der Waals surface area contributed by atoms with Crippen LogP contribution in [0, 0.1) is 0 Å². The summed E-state index contributed by atoms with van der Waals surface area (Å²) in [4.78, 5) is 4.14. The third kappa shape index (κ3) is 2.30. The molecule has 6 heteroatoms. The third-order valence-corrected chi connectivity index (χ3v) is 3.30. The number of rotatable bonds is 2. The molecular weight excluding hydrogens is 238 g/mol. The summed E-state index contributed by atoms with van der Waals surface area (Å²) in [6.45, 7) is 1.14. The molecule has 0 amide bonds. The van der Waals surface area contributed by atoms with Crippen LogP contribution in [0.2, 0.25) is 0 Å². The zero-order chi connectivity index (χ0) is 10.9. The van der Waals surface area contributed by atoms with Crippen molar-refractivity contribution in [2.45, 2.75) is 4.90 Å². The molecule has 1 aromatic carbocycles. The van der Waals surface area contributed by atoms with Crippen LogP contribution in [0.1, 0.15) is 5.56 Å². The van der Waals surface area contributed by atoms with E-state index in [4.69, 9.17) is 15.4 Å². The fourth-order valence-electron chi connectivity index (χ4n) is 1.29. The minimum atomic E-state index is -3.69. The monoisotopic (exact) mass is 245 g/mol. The Bertz CT molecular complexity index is 510. The van der Waals surface area contributed by atoms with Crippen LogP contribution >= 0.6 is 10.7 Å². The van der Waals surface area contributed by atoms with E-state index in [1.165, 1.54) is 12.1 Å². The predicted molar refractivity (Wildman–Crippen MR) is 56.8 cm³/mol. The van der Waals surface area contributed by atoms with E-state index in [0.717, 1.165) is 0 Å². The van der Waals surface area contributed by atoms with Crippen LogP contribution in [0.3, 0.4) is 0 Å². The molecule has 0 atom stereocenters. The van der Waals surface area contributed by atoms with Crippen LogP contribution in [0.15, 0.2) is 34.2 Å². The van der Waals surface area contributed by atoms with E-state index in [9.17, 15) is 8.42 Å². The first-order valence-corrected chi connectivity index (χ1v) is 6.61. The Morgan fingerprint density at radius 2 is 2.20 bits per heavy atom. The minimum absolute atomic E-state index is 0.0554. The molecule has 80 valence electrons. The maximum absolute atomic E-state index is 11.1. The topological polar surface area (TPSA) is 55.7 Å². The first kappa shape index (κ1) is 10.4. The Kier molecular flexibility index (Phi) is 2.67. The largest absolute Gasteiger partial charge is 0.476 e. The number of hydrogen-bond acceptors (Lipinski definition) is 4. The van der Waals surface area contributed by atoms with Gasteiger partial charge in [0.05, 0.1) is 11.4 Å². The Morgan fingerprint density at radius 1 is 1.40 bits per heavy atom. The van der Waals surface area contributed by atoms with Crippen molar-refractivity contribution < 1.29 is 13.2 Å². The van der Waals surface area contributed by atoms with Crippen LogP contribution in [0.25, 0.3) is 0 Å². The summed E-state index contributed by atoms with van der Waals surface area (Å²) < 4.78 is 27.4. The summed E-state index contributed by atoms with van der Waals surface area (Å²) in [6, 6.07) is 6.22. The van der Waals surface area contributed by atoms with Gasteiger partial charge in [0.15, 0.2) is 0 Å². The van der Waals surface area contributed by atoms with Gasteiger partial charge in [-0.25, -0.2) is 13.4 Å².